The normalized spacial score (nSPS) is 11.3. The molecular formula is C11H19N3O3S. The van der Waals surface area contributed by atoms with Gasteiger partial charge in [0.15, 0.2) is 0 Å². The van der Waals surface area contributed by atoms with Gasteiger partial charge in [0, 0.05) is 13.6 Å². The maximum atomic E-state index is 12.0. The van der Waals surface area contributed by atoms with Crippen LogP contribution in [0.4, 0.5) is 5.69 Å². The van der Waals surface area contributed by atoms with E-state index in [1.165, 1.54) is 18.5 Å². The predicted molar refractivity (Wildman–Crippen MR) is 72.0 cm³/mol. The van der Waals surface area contributed by atoms with Crippen LogP contribution in [0.2, 0.25) is 0 Å². The van der Waals surface area contributed by atoms with Crippen LogP contribution in [-0.2, 0) is 10.2 Å². The minimum atomic E-state index is -3.57. The minimum Gasteiger partial charge on any atom is -0.495 e. The van der Waals surface area contributed by atoms with Gasteiger partial charge in [0.25, 0.3) is 0 Å². The Balaban J connectivity index is 3.17. The molecule has 0 aromatic heterocycles. The van der Waals surface area contributed by atoms with Crippen molar-refractivity contribution in [1.29, 1.82) is 0 Å². The van der Waals surface area contributed by atoms with E-state index in [9.17, 15) is 8.42 Å². The molecule has 0 aliphatic rings. The van der Waals surface area contributed by atoms with Crippen LogP contribution in [0, 0.1) is 0 Å². The Hall–Kier alpha value is -1.31. The van der Waals surface area contributed by atoms with Gasteiger partial charge in [-0.2, -0.15) is 8.42 Å². The molecule has 0 atom stereocenters. The van der Waals surface area contributed by atoms with Gasteiger partial charge in [0.2, 0.25) is 0 Å². The summed E-state index contributed by atoms with van der Waals surface area (Å²) in [4.78, 5) is 0. The first-order valence-electron chi connectivity index (χ1n) is 5.61. The van der Waals surface area contributed by atoms with Gasteiger partial charge in [-0.25, -0.2) is 4.72 Å². The second kappa shape index (κ2) is 6.58. The van der Waals surface area contributed by atoms with Crippen molar-refractivity contribution in [3.8, 4) is 5.75 Å². The standard InChI is InChI=1S/C11H19N3O3S/c1-13-18(15,16)14(9-5-8-12)10-6-3-4-7-11(10)17-2/h3-4,6-7,13H,5,8-9,12H2,1-2H3. The molecule has 18 heavy (non-hydrogen) atoms. The summed E-state index contributed by atoms with van der Waals surface area (Å²) in [5.74, 6) is 0.508. The maximum Gasteiger partial charge on any atom is 0.301 e. The molecule has 0 aliphatic carbocycles. The molecule has 1 rings (SSSR count). The number of benzene rings is 1. The molecule has 0 saturated carbocycles. The van der Waals surface area contributed by atoms with Crippen molar-refractivity contribution in [1.82, 2.24) is 4.72 Å². The van der Waals surface area contributed by atoms with Crippen molar-refractivity contribution < 1.29 is 13.2 Å². The number of ether oxygens (including phenoxy) is 1. The van der Waals surface area contributed by atoms with Gasteiger partial charge in [-0.05, 0) is 25.1 Å². The number of hydrogen-bond donors (Lipinski definition) is 2. The third-order valence-corrected chi connectivity index (χ3v) is 3.94. The van der Waals surface area contributed by atoms with E-state index < -0.39 is 10.2 Å². The van der Waals surface area contributed by atoms with E-state index in [1.807, 2.05) is 0 Å². The number of nitrogens with two attached hydrogens (primary N) is 1. The molecule has 0 unspecified atom stereocenters. The van der Waals surface area contributed by atoms with E-state index in [0.29, 0.717) is 30.9 Å². The Morgan fingerprint density at radius 1 is 1.39 bits per heavy atom. The summed E-state index contributed by atoms with van der Waals surface area (Å²) in [6.07, 6.45) is 0.568. The molecule has 0 radical (unpaired) electrons. The van der Waals surface area contributed by atoms with Crippen LogP contribution < -0.4 is 19.5 Å². The lowest BCUT2D eigenvalue weighted by atomic mass is 10.3. The molecule has 6 nitrogen and oxygen atoms in total. The van der Waals surface area contributed by atoms with E-state index in [-0.39, 0.29) is 0 Å². The summed E-state index contributed by atoms with van der Waals surface area (Å²) in [5.41, 5.74) is 5.94. The number of hydrogen-bond acceptors (Lipinski definition) is 4. The van der Waals surface area contributed by atoms with Crippen LogP contribution in [0.25, 0.3) is 0 Å². The Kier molecular flexibility index (Phi) is 5.39. The van der Waals surface area contributed by atoms with Gasteiger partial charge < -0.3 is 10.5 Å². The molecule has 0 spiro atoms. The van der Waals surface area contributed by atoms with Gasteiger partial charge in [-0.1, -0.05) is 12.1 Å². The van der Waals surface area contributed by atoms with Crippen LogP contribution in [-0.4, -0.2) is 35.7 Å². The molecule has 1 aromatic rings. The second-order valence-electron chi connectivity index (χ2n) is 3.60. The third kappa shape index (κ3) is 3.34. The topological polar surface area (TPSA) is 84.7 Å². The first-order valence-corrected chi connectivity index (χ1v) is 7.05. The second-order valence-corrected chi connectivity index (χ2v) is 5.39. The predicted octanol–water partition coefficient (Wildman–Crippen LogP) is 0.315. The summed E-state index contributed by atoms with van der Waals surface area (Å²) >= 11 is 0. The number of nitrogens with one attached hydrogen (secondary N) is 1. The fourth-order valence-corrected chi connectivity index (χ4v) is 2.55. The molecule has 0 bridgehead atoms. The highest BCUT2D eigenvalue weighted by atomic mass is 32.2. The van der Waals surface area contributed by atoms with E-state index >= 15 is 0 Å². The highest BCUT2D eigenvalue weighted by molar-refractivity contribution is 7.90. The van der Waals surface area contributed by atoms with Crippen LogP contribution >= 0.6 is 0 Å². The van der Waals surface area contributed by atoms with Crippen molar-refractivity contribution in [3.05, 3.63) is 24.3 Å². The summed E-state index contributed by atoms with van der Waals surface area (Å²) in [6.45, 7) is 0.727. The van der Waals surface area contributed by atoms with Gasteiger partial charge in [-0.15, -0.1) is 0 Å². The lowest BCUT2D eigenvalue weighted by molar-refractivity contribution is 0.415. The first-order chi connectivity index (χ1) is 8.56. The molecule has 0 fully saturated rings. The summed E-state index contributed by atoms with van der Waals surface area (Å²) in [6, 6.07) is 6.97. The molecule has 0 aliphatic heterocycles. The zero-order valence-electron chi connectivity index (χ0n) is 10.6. The van der Waals surface area contributed by atoms with Gasteiger partial charge in [-0.3, -0.25) is 4.31 Å². The zero-order valence-corrected chi connectivity index (χ0v) is 11.4. The van der Waals surface area contributed by atoms with Gasteiger partial charge in [0.05, 0.1) is 12.8 Å². The Bertz CT molecular complexity index is 476. The molecule has 3 N–H and O–H groups in total. The van der Waals surface area contributed by atoms with Gasteiger partial charge >= 0.3 is 10.2 Å². The Morgan fingerprint density at radius 2 is 2.06 bits per heavy atom. The number of para-hydroxylation sites is 2. The molecule has 102 valence electrons. The van der Waals surface area contributed by atoms with E-state index in [4.69, 9.17) is 10.5 Å². The quantitative estimate of drug-likeness (QED) is 0.749. The average molecular weight is 273 g/mol. The SMILES string of the molecule is CNS(=O)(=O)N(CCCN)c1ccccc1OC. The molecule has 0 amide bonds. The lowest BCUT2D eigenvalue weighted by Gasteiger charge is -2.25. The monoisotopic (exact) mass is 273 g/mol. The summed E-state index contributed by atoms with van der Waals surface area (Å²) in [7, 11) is -0.689. The van der Waals surface area contributed by atoms with Crippen LogP contribution in [0.5, 0.6) is 5.75 Å². The van der Waals surface area contributed by atoms with E-state index in [2.05, 4.69) is 4.72 Å². The van der Waals surface area contributed by atoms with Crippen LogP contribution in [0.1, 0.15) is 6.42 Å². The maximum absolute atomic E-state index is 12.0. The third-order valence-electron chi connectivity index (χ3n) is 2.47. The first kappa shape index (κ1) is 14.7. The molecule has 7 heteroatoms. The highest BCUT2D eigenvalue weighted by Gasteiger charge is 2.22. The average Bonchev–Trinajstić information content (AvgIpc) is 2.39. The summed E-state index contributed by atoms with van der Waals surface area (Å²) in [5, 5.41) is 0. The van der Waals surface area contributed by atoms with Crippen molar-refractivity contribution in [2.75, 3.05) is 31.6 Å². The van der Waals surface area contributed by atoms with Crippen molar-refractivity contribution in [2.45, 2.75) is 6.42 Å². The zero-order chi connectivity index (χ0) is 13.6. The number of rotatable bonds is 7. The smallest absolute Gasteiger partial charge is 0.301 e. The van der Waals surface area contributed by atoms with Crippen LogP contribution in [0.15, 0.2) is 24.3 Å². The molecular weight excluding hydrogens is 254 g/mol. The molecule has 1 aromatic carbocycles. The number of methoxy groups -OCH3 is 1. The van der Waals surface area contributed by atoms with Crippen molar-refractivity contribution in [2.24, 2.45) is 5.73 Å². The van der Waals surface area contributed by atoms with Crippen molar-refractivity contribution >= 4 is 15.9 Å². The van der Waals surface area contributed by atoms with Crippen molar-refractivity contribution in [3.63, 3.8) is 0 Å². The van der Waals surface area contributed by atoms with Gasteiger partial charge in [0.1, 0.15) is 5.75 Å². The Labute approximate surface area is 108 Å². The summed E-state index contributed by atoms with van der Waals surface area (Å²) < 4.78 is 32.7. The number of nitrogens with zero attached hydrogens (tertiary/aromatic N) is 1. The lowest BCUT2D eigenvalue weighted by Crippen LogP contribution is -2.40. The largest absolute Gasteiger partial charge is 0.495 e. The molecule has 0 heterocycles. The van der Waals surface area contributed by atoms with E-state index in [1.54, 1.807) is 24.3 Å². The Morgan fingerprint density at radius 3 is 2.61 bits per heavy atom. The van der Waals surface area contributed by atoms with E-state index in [0.717, 1.165) is 0 Å². The fraction of sp³-hybridized carbons (Fsp3) is 0.455. The minimum absolute atomic E-state index is 0.306. The highest BCUT2D eigenvalue weighted by Crippen LogP contribution is 2.29. The fourth-order valence-electron chi connectivity index (χ4n) is 1.55. The van der Waals surface area contributed by atoms with Crippen LogP contribution in [0.3, 0.4) is 0 Å². The molecule has 0 saturated heterocycles. The number of anilines is 1.